The summed E-state index contributed by atoms with van der Waals surface area (Å²) in [6.45, 7) is 0.542. The van der Waals surface area contributed by atoms with Crippen molar-refractivity contribution in [3.63, 3.8) is 0 Å². The number of benzene rings is 2. The highest BCUT2D eigenvalue weighted by Gasteiger charge is 2.36. The summed E-state index contributed by atoms with van der Waals surface area (Å²) in [7, 11) is 0. The minimum atomic E-state index is -0.430. The summed E-state index contributed by atoms with van der Waals surface area (Å²) in [5.41, 5.74) is 1.94. The van der Waals surface area contributed by atoms with Gasteiger partial charge in [-0.05, 0) is 12.0 Å². The number of rotatable bonds is 5. The van der Waals surface area contributed by atoms with Crippen molar-refractivity contribution in [1.82, 2.24) is 4.31 Å². The molecule has 2 aromatic carbocycles. The van der Waals surface area contributed by atoms with E-state index in [4.69, 9.17) is 0 Å². The summed E-state index contributed by atoms with van der Waals surface area (Å²) in [4.78, 5) is 12.6. The zero-order valence-electron chi connectivity index (χ0n) is 12.3. The van der Waals surface area contributed by atoms with Crippen molar-refractivity contribution in [3.8, 4) is 0 Å². The number of ketones is 1. The highest BCUT2D eigenvalue weighted by molar-refractivity contribution is 7.96. The van der Waals surface area contributed by atoms with Gasteiger partial charge in [-0.25, -0.2) is 4.31 Å². The van der Waals surface area contributed by atoms with Gasteiger partial charge in [0.25, 0.3) is 0 Å². The lowest BCUT2D eigenvalue weighted by atomic mass is 10.0. The number of hydrogen-bond acceptors (Lipinski definition) is 4. The normalized spacial score (nSPS) is 21.9. The van der Waals surface area contributed by atoms with Crippen molar-refractivity contribution in [2.24, 2.45) is 0 Å². The second-order valence-corrected chi connectivity index (χ2v) is 6.51. The quantitative estimate of drug-likeness (QED) is 0.680. The minimum absolute atomic E-state index is 0.0951. The molecule has 0 aromatic heterocycles. The number of aliphatic hydroxyl groups is 1. The van der Waals surface area contributed by atoms with E-state index in [-0.39, 0.29) is 11.8 Å². The monoisotopic (exact) mass is 313 g/mol. The molecule has 2 aromatic rings. The van der Waals surface area contributed by atoms with Crippen LogP contribution in [-0.2, 0) is 5.75 Å². The molecule has 0 aliphatic carbocycles. The first-order chi connectivity index (χ1) is 10.7. The molecule has 2 atom stereocenters. The molecular formula is C18H19NO2S. The van der Waals surface area contributed by atoms with E-state index in [0.29, 0.717) is 18.5 Å². The highest BCUT2D eigenvalue weighted by atomic mass is 32.2. The lowest BCUT2D eigenvalue weighted by molar-refractivity contribution is 0.0919. The molecule has 1 saturated heterocycles. The number of β-amino-alcohol motifs (C(OH)–C–C–N with tert-alkyl or cyclic N) is 1. The molecule has 3 nitrogen and oxygen atoms in total. The molecule has 3 rings (SSSR count). The van der Waals surface area contributed by atoms with Gasteiger partial charge in [-0.2, -0.15) is 0 Å². The zero-order valence-corrected chi connectivity index (χ0v) is 13.1. The van der Waals surface area contributed by atoms with Gasteiger partial charge >= 0.3 is 0 Å². The highest BCUT2D eigenvalue weighted by Crippen LogP contribution is 2.30. The van der Waals surface area contributed by atoms with E-state index in [0.717, 1.165) is 5.75 Å². The van der Waals surface area contributed by atoms with Crippen LogP contribution in [0.1, 0.15) is 22.3 Å². The van der Waals surface area contributed by atoms with E-state index in [1.165, 1.54) is 5.56 Å². The number of carbonyl (C=O) groups is 1. The Hall–Kier alpha value is -1.62. The summed E-state index contributed by atoms with van der Waals surface area (Å²) in [6, 6.07) is 19.3. The van der Waals surface area contributed by atoms with Crippen LogP contribution in [0.4, 0.5) is 0 Å². The van der Waals surface area contributed by atoms with E-state index in [2.05, 4.69) is 12.1 Å². The van der Waals surface area contributed by atoms with Crippen LogP contribution in [0.3, 0.4) is 0 Å². The first-order valence-electron chi connectivity index (χ1n) is 7.45. The third-order valence-corrected chi connectivity index (χ3v) is 5.03. The molecule has 0 unspecified atom stereocenters. The molecule has 0 amide bonds. The van der Waals surface area contributed by atoms with Crippen molar-refractivity contribution < 1.29 is 9.90 Å². The zero-order chi connectivity index (χ0) is 15.4. The summed E-state index contributed by atoms with van der Waals surface area (Å²) in [6.07, 6.45) is 0.0798. The Labute approximate surface area is 135 Å². The predicted octanol–water partition coefficient (Wildman–Crippen LogP) is 3.15. The van der Waals surface area contributed by atoms with Gasteiger partial charge in [-0.3, -0.25) is 4.79 Å². The molecule has 0 saturated carbocycles. The summed E-state index contributed by atoms with van der Waals surface area (Å²) in [5.74, 6) is 0.907. The van der Waals surface area contributed by atoms with E-state index in [1.54, 1.807) is 11.9 Å². The van der Waals surface area contributed by atoms with Gasteiger partial charge in [0.05, 0.1) is 12.1 Å². The van der Waals surface area contributed by atoms with Gasteiger partial charge in [0.15, 0.2) is 5.78 Å². The van der Waals surface area contributed by atoms with E-state index < -0.39 is 6.10 Å². The molecule has 1 aliphatic rings. The smallest absolute Gasteiger partial charge is 0.180 e. The van der Waals surface area contributed by atoms with Crippen molar-refractivity contribution in [2.75, 3.05) is 6.54 Å². The topological polar surface area (TPSA) is 40.5 Å². The number of aliphatic hydroxyl groups excluding tert-OH is 1. The van der Waals surface area contributed by atoms with Crippen LogP contribution in [-0.4, -0.2) is 33.9 Å². The summed E-state index contributed by atoms with van der Waals surface area (Å²) in [5, 5.41) is 9.96. The number of carbonyl (C=O) groups excluding carboxylic acids is 1. The molecule has 0 radical (unpaired) electrons. The molecule has 1 heterocycles. The van der Waals surface area contributed by atoms with E-state index in [1.807, 2.05) is 52.8 Å². The Morgan fingerprint density at radius 2 is 1.73 bits per heavy atom. The minimum Gasteiger partial charge on any atom is -0.392 e. The fourth-order valence-corrected chi connectivity index (χ4v) is 3.84. The van der Waals surface area contributed by atoms with E-state index in [9.17, 15) is 9.90 Å². The van der Waals surface area contributed by atoms with Crippen molar-refractivity contribution in [3.05, 3.63) is 71.8 Å². The molecule has 1 fully saturated rings. The first-order valence-corrected chi connectivity index (χ1v) is 8.39. The molecular weight excluding hydrogens is 294 g/mol. The molecule has 4 heteroatoms. The maximum absolute atomic E-state index is 12.6. The fraction of sp³-hybridized carbons (Fsp3) is 0.278. The van der Waals surface area contributed by atoms with Gasteiger partial charge in [-0.1, -0.05) is 72.6 Å². The Balaban J connectivity index is 1.68. The Morgan fingerprint density at radius 3 is 2.41 bits per heavy atom. The largest absolute Gasteiger partial charge is 0.392 e. The molecule has 22 heavy (non-hydrogen) atoms. The Bertz CT molecular complexity index is 617. The number of nitrogens with zero attached hydrogens (tertiary/aromatic N) is 1. The van der Waals surface area contributed by atoms with Gasteiger partial charge in [0.1, 0.15) is 0 Å². The van der Waals surface area contributed by atoms with Crippen LogP contribution in [0.15, 0.2) is 60.7 Å². The van der Waals surface area contributed by atoms with Gasteiger partial charge < -0.3 is 5.11 Å². The van der Waals surface area contributed by atoms with Gasteiger partial charge in [-0.15, -0.1) is 0 Å². The van der Waals surface area contributed by atoms with Crippen LogP contribution in [0, 0.1) is 0 Å². The van der Waals surface area contributed by atoms with Crippen LogP contribution < -0.4 is 0 Å². The SMILES string of the molecule is O=C(c1ccccc1)[C@H]1C[C@@H](O)CN1SCc1ccccc1. The molecule has 1 N–H and O–H groups in total. The van der Waals surface area contributed by atoms with Crippen LogP contribution >= 0.6 is 11.9 Å². The summed E-state index contributed by atoms with van der Waals surface area (Å²) >= 11 is 1.62. The Kier molecular flexibility index (Phi) is 4.93. The average Bonchev–Trinajstić information content (AvgIpc) is 2.95. The number of Topliss-reactive ketones (excluding diaryl/α,β-unsaturated/α-hetero) is 1. The molecule has 114 valence electrons. The lowest BCUT2D eigenvalue weighted by Crippen LogP contribution is -2.31. The van der Waals surface area contributed by atoms with Crippen molar-refractivity contribution in [1.29, 1.82) is 0 Å². The third kappa shape index (κ3) is 3.58. The lowest BCUT2D eigenvalue weighted by Gasteiger charge is -2.21. The van der Waals surface area contributed by atoms with Crippen molar-refractivity contribution in [2.45, 2.75) is 24.3 Å². The summed E-state index contributed by atoms with van der Waals surface area (Å²) < 4.78 is 2.03. The molecule has 0 spiro atoms. The maximum atomic E-state index is 12.6. The first kappa shape index (κ1) is 15.3. The molecule has 0 bridgehead atoms. The second-order valence-electron chi connectivity index (χ2n) is 5.49. The van der Waals surface area contributed by atoms with Gasteiger partial charge in [0, 0.05) is 17.9 Å². The van der Waals surface area contributed by atoms with Crippen molar-refractivity contribution >= 4 is 17.7 Å². The van der Waals surface area contributed by atoms with Gasteiger partial charge in [0.2, 0.25) is 0 Å². The van der Waals surface area contributed by atoms with E-state index >= 15 is 0 Å². The number of hydrogen-bond donors (Lipinski definition) is 1. The maximum Gasteiger partial charge on any atom is 0.180 e. The average molecular weight is 313 g/mol. The van der Waals surface area contributed by atoms with Crippen LogP contribution in [0.25, 0.3) is 0 Å². The predicted molar refractivity (Wildman–Crippen MR) is 89.6 cm³/mol. The fourth-order valence-electron chi connectivity index (χ4n) is 2.69. The third-order valence-electron chi connectivity index (χ3n) is 3.83. The standard InChI is InChI=1S/C18H19NO2S/c20-16-11-17(18(21)15-9-5-2-6-10-15)19(12-16)22-13-14-7-3-1-4-8-14/h1-10,16-17,20H,11-13H2/t16-,17-/m1/s1. The van der Waals surface area contributed by atoms with Crippen LogP contribution in [0.5, 0.6) is 0 Å². The van der Waals surface area contributed by atoms with Crippen LogP contribution in [0.2, 0.25) is 0 Å². The Morgan fingerprint density at radius 1 is 1.09 bits per heavy atom. The second kappa shape index (κ2) is 7.09. The molecule has 1 aliphatic heterocycles.